The summed E-state index contributed by atoms with van der Waals surface area (Å²) in [6.45, 7) is 11.5. The van der Waals surface area contributed by atoms with E-state index in [-0.39, 0.29) is 0 Å². The van der Waals surface area contributed by atoms with Crippen LogP contribution in [-0.2, 0) is 0 Å². The first-order valence-electron chi connectivity index (χ1n) is 7.37. The third-order valence-electron chi connectivity index (χ3n) is 4.20. The van der Waals surface area contributed by atoms with Crippen LogP contribution < -0.4 is 5.32 Å². The molecule has 0 saturated carbocycles. The summed E-state index contributed by atoms with van der Waals surface area (Å²) < 4.78 is 0. The first-order valence-corrected chi connectivity index (χ1v) is 7.37. The molecule has 3 nitrogen and oxygen atoms in total. The van der Waals surface area contributed by atoms with Crippen LogP contribution in [0.15, 0.2) is 0 Å². The fourth-order valence-electron chi connectivity index (χ4n) is 3.44. The van der Waals surface area contributed by atoms with Crippen LogP contribution in [0.25, 0.3) is 0 Å². The Morgan fingerprint density at radius 3 is 2.53 bits per heavy atom. The molecule has 100 valence electrons. The molecule has 0 spiro atoms. The molecule has 2 saturated heterocycles. The smallest absolute Gasteiger partial charge is 0.00224 e. The standard InChI is InChI=1S/C14H29N3/c1-13(10-16-6-3-4-7-16)11-17-8-5-14(12-17)9-15-2/h13-15H,3-12H2,1-2H3. The molecule has 0 aromatic heterocycles. The van der Waals surface area contributed by atoms with Gasteiger partial charge in [-0.2, -0.15) is 0 Å². The molecule has 0 aliphatic carbocycles. The van der Waals surface area contributed by atoms with Gasteiger partial charge in [0.25, 0.3) is 0 Å². The molecule has 2 aliphatic rings. The van der Waals surface area contributed by atoms with Gasteiger partial charge in [-0.25, -0.2) is 0 Å². The van der Waals surface area contributed by atoms with E-state index in [1.165, 1.54) is 65.1 Å². The maximum absolute atomic E-state index is 3.31. The fraction of sp³-hybridized carbons (Fsp3) is 1.00. The Balaban J connectivity index is 1.63. The second-order valence-electron chi connectivity index (χ2n) is 6.08. The van der Waals surface area contributed by atoms with Crippen molar-refractivity contribution in [2.45, 2.75) is 26.2 Å². The topological polar surface area (TPSA) is 18.5 Å². The lowest BCUT2D eigenvalue weighted by Crippen LogP contribution is -2.34. The summed E-state index contributed by atoms with van der Waals surface area (Å²) in [7, 11) is 2.07. The van der Waals surface area contributed by atoms with Crippen LogP contribution in [0.4, 0.5) is 0 Å². The molecule has 0 bridgehead atoms. The van der Waals surface area contributed by atoms with Crippen LogP contribution in [0, 0.1) is 11.8 Å². The first-order chi connectivity index (χ1) is 8.28. The Morgan fingerprint density at radius 1 is 1.12 bits per heavy atom. The van der Waals surface area contributed by atoms with Gasteiger partial charge in [-0.3, -0.25) is 0 Å². The maximum Gasteiger partial charge on any atom is 0.00224 e. The van der Waals surface area contributed by atoms with E-state index >= 15 is 0 Å². The van der Waals surface area contributed by atoms with Crippen molar-refractivity contribution in [1.82, 2.24) is 15.1 Å². The molecule has 1 N–H and O–H groups in total. The van der Waals surface area contributed by atoms with Crippen LogP contribution in [0.3, 0.4) is 0 Å². The van der Waals surface area contributed by atoms with Crippen LogP contribution in [-0.4, -0.2) is 62.7 Å². The largest absolute Gasteiger partial charge is 0.319 e. The molecule has 2 rings (SSSR count). The maximum atomic E-state index is 3.31. The van der Waals surface area contributed by atoms with E-state index in [1.54, 1.807) is 0 Å². The monoisotopic (exact) mass is 239 g/mol. The highest BCUT2D eigenvalue weighted by Crippen LogP contribution is 2.18. The van der Waals surface area contributed by atoms with E-state index in [1.807, 2.05) is 0 Å². The van der Waals surface area contributed by atoms with E-state index in [0.29, 0.717) is 0 Å². The van der Waals surface area contributed by atoms with Crippen LogP contribution >= 0.6 is 0 Å². The summed E-state index contributed by atoms with van der Waals surface area (Å²) in [6.07, 6.45) is 4.22. The minimum absolute atomic E-state index is 0.835. The zero-order chi connectivity index (χ0) is 12.1. The molecule has 0 radical (unpaired) electrons. The summed E-state index contributed by atoms with van der Waals surface area (Å²) in [5, 5.41) is 3.31. The number of nitrogens with zero attached hydrogens (tertiary/aromatic N) is 2. The van der Waals surface area contributed by atoms with Crippen molar-refractivity contribution in [2.75, 3.05) is 52.9 Å². The van der Waals surface area contributed by atoms with Gasteiger partial charge in [0.15, 0.2) is 0 Å². The molecule has 2 aliphatic heterocycles. The van der Waals surface area contributed by atoms with Gasteiger partial charge < -0.3 is 15.1 Å². The van der Waals surface area contributed by atoms with E-state index in [2.05, 4.69) is 29.1 Å². The third-order valence-corrected chi connectivity index (χ3v) is 4.20. The van der Waals surface area contributed by atoms with E-state index in [4.69, 9.17) is 0 Å². The van der Waals surface area contributed by atoms with Crippen molar-refractivity contribution in [1.29, 1.82) is 0 Å². The van der Waals surface area contributed by atoms with Gasteiger partial charge >= 0.3 is 0 Å². The van der Waals surface area contributed by atoms with Gasteiger partial charge in [-0.05, 0) is 64.3 Å². The molecule has 0 amide bonds. The van der Waals surface area contributed by atoms with Gasteiger partial charge in [0.1, 0.15) is 0 Å². The SMILES string of the molecule is CNCC1CCN(CC(C)CN2CCCC2)C1. The average Bonchev–Trinajstić information content (AvgIpc) is 2.91. The first kappa shape index (κ1) is 13.3. The van der Waals surface area contributed by atoms with Gasteiger partial charge in [-0.1, -0.05) is 6.92 Å². The number of nitrogens with one attached hydrogen (secondary N) is 1. The minimum Gasteiger partial charge on any atom is -0.319 e. The summed E-state index contributed by atoms with van der Waals surface area (Å²) in [4.78, 5) is 5.31. The summed E-state index contributed by atoms with van der Waals surface area (Å²) in [5.41, 5.74) is 0. The molecule has 2 fully saturated rings. The van der Waals surface area contributed by atoms with Crippen molar-refractivity contribution >= 4 is 0 Å². The summed E-state index contributed by atoms with van der Waals surface area (Å²) in [6, 6.07) is 0. The molecule has 2 unspecified atom stereocenters. The molecule has 0 aromatic rings. The Labute approximate surface area is 107 Å². The zero-order valence-electron chi connectivity index (χ0n) is 11.6. The third kappa shape index (κ3) is 4.23. The van der Waals surface area contributed by atoms with Crippen molar-refractivity contribution in [2.24, 2.45) is 11.8 Å². The molecular formula is C14H29N3. The predicted molar refractivity (Wildman–Crippen MR) is 73.3 cm³/mol. The molecule has 2 heterocycles. The van der Waals surface area contributed by atoms with Gasteiger partial charge in [0, 0.05) is 19.6 Å². The number of hydrogen-bond acceptors (Lipinski definition) is 3. The minimum atomic E-state index is 0.835. The quantitative estimate of drug-likeness (QED) is 0.753. The molecule has 17 heavy (non-hydrogen) atoms. The van der Waals surface area contributed by atoms with E-state index in [0.717, 1.165) is 11.8 Å². The summed E-state index contributed by atoms with van der Waals surface area (Å²) in [5.74, 6) is 1.72. The van der Waals surface area contributed by atoms with Crippen molar-refractivity contribution in [3.05, 3.63) is 0 Å². The van der Waals surface area contributed by atoms with Crippen LogP contribution in [0.2, 0.25) is 0 Å². The van der Waals surface area contributed by atoms with Crippen LogP contribution in [0.1, 0.15) is 26.2 Å². The van der Waals surface area contributed by atoms with Gasteiger partial charge in [0.05, 0.1) is 0 Å². The average molecular weight is 239 g/mol. The van der Waals surface area contributed by atoms with Crippen LogP contribution in [0.5, 0.6) is 0 Å². The predicted octanol–water partition coefficient (Wildman–Crippen LogP) is 1.26. The number of hydrogen-bond donors (Lipinski definition) is 1. The zero-order valence-corrected chi connectivity index (χ0v) is 11.6. The van der Waals surface area contributed by atoms with E-state index < -0.39 is 0 Å². The van der Waals surface area contributed by atoms with Crippen molar-refractivity contribution in [3.63, 3.8) is 0 Å². The molecule has 0 aromatic carbocycles. The molecule has 3 heteroatoms. The second-order valence-corrected chi connectivity index (χ2v) is 6.08. The molecule has 2 atom stereocenters. The highest BCUT2D eigenvalue weighted by molar-refractivity contribution is 4.79. The van der Waals surface area contributed by atoms with E-state index in [9.17, 15) is 0 Å². The highest BCUT2D eigenvalue weighted by atomic mass is 15.2. The fourth-order valence-corrected chi connectivity index (χ4v) is 3.44. The normalized spacial score (nSPS) is 28.9. The molecular weight excluding hydrogens is 210 g/mol. The number of rotatable bonds is 6. The van der Waals surface area contributed by atoms with Gasteiger partial charge in [0.2, 0.25) is 0 Å². The second kappa shape index (κ2) is 6.72. The Bertz CT molecular complexity index is 214. The highest BCUT2D eigenvalue weighted by Gasteiger charge is 2.23. The lowest BCUT2D eigenvalue weighted by molar-refractivity contribution is 0.221. The van der Waals surface area contributed by atoms with Crippen molar-refractivity contribution < 1.29 is 0 Å². The number of likely N-dealkylation sites (tertiary alicyclic amines) is 2. The van der Waals surface area contributed by atoms with Crippen molar-refractivity contribution in [3.8, 4) is 0 Å². The van der Waals surface area contributed by atoms with Gasteiger partial charge in [-0.15, -0.1) is 0 Å². The lowest BCUT2D eigenvalue weighted by atomic mass is 10.1. The Kier molecular flexibility index (Phi) is 5.26. The lowest BCUT2D eigenvalue weighted by Gasteiger charge is -2.25. The summed E-state index contributed by atoms with van der Waals surface area (Å²) >= 11 is 0. The Morgan fingerprint density at radius 2 is 1.82 bits per heavy atom. The Hall–Kier alpha value is -0.120.